The number of esters is 1. The number of carbonyl (C=O) groups is 5. The molecule has 2 saturated heterocycles. The molecule has 14 atom stereocenters. The fourth-order valence-electron chi connectivity index (χ4n) is 10.5. The van der Waals surface area contributed by atoms with Gasteiger partial charge < -0.3 is 43.5 Å². The Morgan fingerprint density at radius 1 is 0.851 bits per heavy atom. The molecular formula is C53H83NO13. The monoisotopic (exact) mass is 942 g/mol. The van der Waals surface area contributed by atoms with Crippen LogP contribution in [0.4, 0.5) is 0 Å². The lowest BCUT2D eigenvalue weighted by Gasteiger charge is -2.42. The molecule has 378 valence electrons. The number of piperidine rings is 1. The fourth-order valence-corrected chi connectivity index (χ4v) is 10.5. The van der Waals surface area contributed by atoms with E-state index >= 15 is 0 Å². The molecule has 14 heteroatoms. The van der Waals surface area contributed by atoms with Crippen molar-refractivity contribution in [2.45, 2.75) is 180 Å². The number of ketones is 3. The van der Waals surface area contributed by atoms with Gasteiger partial charge in [-0.2, -0.15) is 0 Å². The molecule has 0 radical (unpaired) electrons. The van der Waals surface area contributed by atoms with Gasteiger partial charge in [-0.1, -0.05) is 76.6 Å². The van der Waals surface area contributed by atoms with Crippen LogP contribution in [0.2, 0.25) is 0 Å². The zero-order valence-corrected chi connectivity index (χ0v) is 42.1. The summed E-state index contributed by atoms with van der Waals surface area (Å²) in [6, 6.07) is -1.10. The smallest absolute Gasteiger partial charge is 0.329 e. The van der Waals surface area contributed by atoms with Crippen LogP contribution in [0, 0.1) is 35.5 Å². The van der Waals surface area contributed by atoms with E-state index in [0.29, 0.717) is 63.4 Å². The summed E-state index contributed by atoms with van der Waals surface area (Å²) in [4.78, 5) is 72.3. The molecule has 3 fully saturated rings. The van der Waals surface area contributed by atoms with E-state index in [0.717, 1.165) is 18.4 Å². The fraction of sp³-hybridized carbons (Fsp3) is 0.755. The lowest BCUT2D eigenvalue weighted by atomic mass is 9.78. The van der Waals surface area contributed by atoms with Crippen LogP contribution >= 0.6 is 0 Å². The Labute approximate surface area is 400 Å². The van der Waals surface area contributed by atoms with Crippen molar-refractivity contribution in [2.75, 3.05) is 41.1 Å². The number of carbonyl (C=O) groups excluding carboxylic acids is 5. The Morgan fingerprint density at radius 3 is 2.27 bits per heavy atom. The first kappa shape index (κ1) is 56.2. The topological polar surface area (TPSA) is 184 Å². The number of fused-ring (bicyclic) bond motifs is 3. The minimum atomic E-state index is -2.35. The number of methoxy groups -OCH3 is 3. The van der Waals surface area contributed by atoms with Crippen molar-refractivity contribution in [3.05, 3.63) is 47.6 Å². The van der Waals surface area contributed by atoms with Crippen LogP contribution in [0.1, 0.15) is 132 Å². The van der Waals surface area contributed by atoms with E-state index in [1.165, 1.54) is 19.1 Å². The number of cyclic esters (lactones) is 1. The predicted octanol–water partition coefficient (Wildman–Crippen LogP) is 7.23. The molecule has 4 rings (SSSR count). The van der Waals surface area contributed by atoms with Crippen molar-refractivity contribution >= 4 is 29.2 Å². The predicted molar refractivity (Wildman–Crippen MR) is 255 cm³/mol. The molecule has 0 aromatic rings. The molecule has 67 heavy (non-hydrogen) atoms. The Balaban J connectivity index is 1.69. The molecule has 4 aliphatic rings. The second-order valence-electron chi connectivity index (χ2n) is 20.0. The van der Waals surface area contributed by atoms with Crippen molar-refractivity contribution in [3.63, 3.8) is 0 Å². The lowest BCUT2D eigenvalue weighted by molar-refractivity contribution is -0.263. The Morgan fingerprint density at radius 2 is 1.58 bits per heavy atom. The van der Waals surface area contributed by atoms with Gasteiger partial charge in [0.05, 0.1) is 31.5 Å². The van der Waals surface area contributed by atoms with Crippen LogP contribution in [0.3, 0.4) is 0 Å². The summed E-state index contributed by atoms with van der Waals surface area (Å²) in [7, 11) is 4.64. The van der Waals surface area contributed by atoms with Crippen LogP contribution in [0.5, 0.6) is 0 Å². The molecule has 3 heterocycles. The number of hydrogen-bond donors (Lipinski definition) is 2. The van der Waals surface area contributed by atoms with E-state index in [9.17, 15) is 34.2 Å². The average molecular weight is 942 g/mol. The summed E-state index contributed by atoms with van der Waals surface area (Å²) in [5, 5.41) is 21.2. The molecule has 1 aliphatic carbocycles. The average Bonchev–Trinajstić information content (AvgIpc) is 3.31. The molecule has 1 amide bonds. The van der Waals surface area contributed by atoms with E-state index in [4.69, 9.17) is 28.4 Å². The highest BCUT2D eigenvalue weighted by Gasteiger charge is 2.53. The maximum atomic E-state index is 14.5. The molecule has 3 aliphatic heterocycles. The molecule has 0 spiro atoms. The number of nitrogens with zero attached hydrogens (tertiary/aromatic N) is 1. The molecule has 1 saturated carbocycles. The van der Waals surface area contributed by atoms with Crippen molar-refractivity contribution in [1.29, 1.82) is 0 Å². The van der Waals surface area contributed by atoms with Gasteiger partial charge in [0.2, 0.25) is 5.79 Å². The van der Waals surface area contributed by atoms with Gasteiger partial charge >= 0.3 is 5.97 Å². The van der Waals surface area contributed by atoms with Crippen molar-refractivity contribution < 1.29 is 62.6 Å². The molecule has 14 nitrogen and oxygen atoms in total. The molecule has 0 aromatic carbocycles. The van der Waals surface area contributed by atoms with E-state index < -0.39 is 65.7 Å². The number of ether oxygens (including phenoxy) is 6. The van der Waals surface area contributed by atoms with Crippen molar-refractivity contribution in [1.82, 2.24) is 4.90 Å². The summed E-state index contributed by atoms with van der Waals surface area (Å²) in [5.41, 5.74) is 1.73. The Bertz CT molecular complexity index is 1770. The normalized spacial score (nSPS) is 35.9. The van der Waals surface area contributed by atoms with Crippen LogP contribution in [-0.2, 0) is 52.4 Å². The van der Waals surface area contributed by atoms with Gasteiger partial charge in [-0.05, 0) is 114 Å². The minimum Gasteiger partial charge on any atom is -0.460 e. The first-order valence-corrected chi connectivity index (χ1v) is 24.9. The van der Waals surface area contributed by atoms with Gasteiger partial charge in [-0.15, -0.1) is 0 Å². The van der Waals surface area contributed by atoms with E-state index in [1.807, 2.05) is 52.0 Å². The number of hydrogen-bond acceptors (Lipinski definition) is 13. The van der Waals surface area contributed by atoms with Crippen LogP contribution in [0.25, 0.3) is 0 Å². The van der Waals surface area contributed by atoms with Crippen LogP contribution in [0.15, 0.2) is 47.6 Å². The van der Waals surface area contributed by atoms with Crippen LogP contribution < -0.4 is 0 Å². The first-order chi connectivity index (χ1) is 31.9. The number of aliphatic hydroxyl groups is 2. The minimum absolute atomic E-state index is 0.0855. The summed E-state index contributed by atoms with van der Waals surface area (Å²) >= 11 is 0. The summed E-state index contributed by atoms with van der Waals surface area (Å²) < 4.78 is 35.8. The van der Waals surface area contributed by atoms with Gasteiger partial charge in [-0.25, -0.2) is 4.79 Å². The molecule has 2 bridgehead atoms. The largest absolute Gasteiger partial charge is 0.460 e. The third-order valence-electron chi connectivity index (χ3n) is 14.7. The maximum absolute atomic E-state index is 14.5. The molecule has 0 aromatic heterocycles. The highest BCUT2D eigenvalue weighted by molar-refractivity contribution is 6.39. The summed E-state index contributed by atoms with van der Waals surface area (Å²) in [6.07, 6.45) is 15.3. The SMILES string of the molecule is COC1C(=O)C(C)CC(C)C=CC=CC=C(C)CCC2CCC(C)C(O)(O2)C(=O)C(=O)N2CCCCC2C(=O)OC([C@H](C)C[C@@H]2CC[C@@H](OCCO)[C@H](OC)C2)CC(=O)C(C)C=C(C)C1OC. The van der Waals surface area contributed by atoms with Gasteiger partial charge in [0.1, 0.15) is 30.1 Å². The molecular weight excluding hydrogens is 859 g/mol. The standard InChI is InChI=1S/C53H83NO13/c1-33-16-12-11-13-17-34(2)28-37(5)47(57)49(64-10)48(63-9)38(6)29-35(3)43(56)32-45(36(4)30-40-21-24-44(65-27-26-55)46(31-40)62-8)66-52(60)42-18-14-15-25-54(42)51(59)50(58)53(61)39(7)20-23-41(67-53)22-19-33/h11-13,16-17,29,34-37,39-42,44-46,48-49,55,61H,14-15,18-28,30-32H2,1-10H3/t34?,35?,36-,37?,39?,40+,41?,42?,44-,45?,46-,48?,49?,53?/m1/s1. The molecule has 10 unspecified atom stereocenters. The second-order valence-corrected chi connectivity index (χ2v) is 20.0. The highest BCUT2D eigenvalue weighted by Crippen LogP contribution is 2.38. The van der Waals surface area contributed by atoms with Crippen molar-refractivity contribution in [3.8, 4) is 0 Å². The third kappa shape index (κ3) is 15.6. The number of Topliss-reactive ketones (excluding diaryl/α,β-unsaturated/α-hetero) is 3. The Hall–Kier alpha value is -3.37. The van der Waals surface area contributed by atoms with Crippen LogP contribution in [-0.4, -0.2) is 134 Å². The summed E-state index contributed by atoms with van der Waals surface area (Å²) in [5.74, 6) is -7.14. The van der Waals surface area contributed by atoms with Gasteiger partial charge in [0.15, 0.2) is 5.78 Å². The summed E-state index contributed by atoms with van der Waals surface area (Å²) in [6.45, 7) is 13.4. The van der Waals surface area contributed by atoms with Gasteiger partial charge in [-0.3, -0.25) is 19.2 Å². The van der Waals surface area contributed by atoms with Crippen molar-refractivity contribution in [2.24, 2.45) is 35.5 Å². The zero-order valence-electron chi connectivity index (χ0n) is 42.1. The van der Waals surface area contributed by atoms with E-state index in [-0.39, 0.29) is 80.0 Å². The zero-order chi connectivity index (χ0) is 49.4. The third-order valence-corrected chi connectivity index (χ3v) is 14.7. The number of rotatable bonds is 9. The Kier molecular flexibility index (Phi) is 22.8. The maximum Gasteiger partial charge on any atom is 0.329 e. The van der Waals surface area contributed by atoms with Gasteiger partial charge in [0.25, 0.3) is 11.7 Å². The van der Waals surface area contributed by atoms with E-state index in [2.05, 4.69) is 13.0 Å². The second kappa shape index (κ2) is 27.1. The van der Waals surface area contributed by atoms with Gasteiger partial charge in [0, 0.05) is 52.0 Å². The quantitative estimate of drug-likeness (QED) is 0.134. The lowest BCUT2D eigenvalue weighted by Crippen LogP contribution is -2.60. The first-order valence-electron chi connectivity index (χ1n) is 24.9. The number of allylic oxidation sites excluding steroid dienone is 7. The highest BCUT2D eigenvalue weighted by atomic mass is 16.6. The molecule has 2 N–H and O–H groups in total. The van der Waals surface area contributed by atoms with E-state index in [1.54, 1.807) is 27.0 Å². The number of amides is 1. The number of aliphatic hydroxyl groups excluding tert-OH is 1.